The van der Waals surface area contributed by atoms with Crippen LogP contribution in [0, 0.1) is 6.92 Å². The van der Waals surface area contributed by atoms with Gasteiger partial charge in [0, 0.05) is 18.8 Å². The van der Waals surface area contributed by atoms with E-state index in [1.54, 1.807) is 24.3 Å². The number of hydrogen-bond donors (Lipinski definition) is 3. The van der Waals surface area contributed by atoms with Gasteiger partial charge in [0.2, 0.25) is 15.9 Å². The van der Waals surface area contributed by atoms with E-state index in [1.807, 2.05) is 61.5 Å². The summed E-state index contributed by atoms with van der Waals surface area (Å²) in [5, 5.41) is 29.0. The molecule has 0 bridgehead atoms. The Morgan fingerprint density at radius 2 is 1.27 bits per heavy atom. The van der Waals surface area contributed by atoms with E-state index < -0.39 is 40.2 Å². The Bertz CT molecular complexity index is 2090. The fraction of sp³-hybridized carbons (Fsp3) is 0.108. The van der Waals surface area contributed by atoms with Crippen molar-refractivity contribution in [2.45, 2.75) is 18.4 Å². The largest absolute Gasteiger partial charge is 0.507 e. The second-order valence-corrected chi connectivity index (χ2v) is 13.3. The lowest BCUT2D eigenvalue weighted by Gasteiger charge is -2.26. The Balaban J connectivity index is 1.38. The van der Waals surface area contributed by atoms with Crippen molar-refractivity contribution in [3.63, 3.8) is 0 Å². The van der Waals surface area contributed by atoms with Crippen molar-refractivity contribution < 1.29 is 38.1 Å². The number of rotatable bonds is 11. The molecule has 0 heterocycles. The molecule has 5 rings (SSSR count). The molecule has 10 nitrogen and oxygen atoms in total. The predicted octanol–water partition coefficient (Wildman–Crippen LogP) is 6.28. The second kappa shape index (κ2) is 13.9. The van der Waals surface area contributed by atoms with Crippen LogP contribution in [0.15, 0.2) is 120 Å². The summed E-state index contributed by atoms with van der Waals surface area (Å²) in [5.74, 6) is -3.46. The standard InChI is InChI=1S/C37H32N2O8S/c1-24-6-17-32(18-7-24)48(46,47)38(2)23-35(41)39(31-16-19-33(37(44)45)34(40)21-31)22-25-8-10-26(11-9-25)27-12-14-28(15-13-27)29-4-3-5-30(20-29)36(42)43/h3-21,40H,22-23H2,1-2H3,(H,42,43)(H,44,45). The average molecular weight is 665 g/mol. The van der Waals surface area contributed by atoms with Crippen LogP contribution >= 0.6 is 0 Å². The van der Waals surface area contributed by atoms with Gasteiger partial charge in [-0.2, -0.15) is 4.31 Å². The molecule has 0 saturated heterocycles. The van der Waals surface area contributed by atoms with Crippen LogP contribution in [0.4, 0.5) is 5.69 Å². The van der Waals surface area contributed by atoms with Gasteiger partial charge in [0.15, 0.2) is 0 Å². The fourth-order valence-corrected chi connectivity index (χ4v) is 6.24. The topological polar surface area (TPSA) is 153 Å². The maximum atomic E-state index is 13.7. The Hall–Kier alpha value is -5.78. The van der Waals surface area contributed by atoms with Crippen LogP contribution < -0.4 is 4.90 Å². The van der Waals surface area contributed by atoms with Crippen molar-refractivity contribution in [2.75, 3.05) is 18.5 Å². The van der Waals surface area contributed by atoms with E-state index in [-0.39, 0.29) is 28.3 Å². The summed E-state index contributed by atoms with van der Waals surface area (Å²) in [4.78, 5) is 37.9. The number of phenols is 1. The number of hydrogen-bond acceptors (Lipinski definition) is 6. The zero-order valence-electron chi connectivity index (χ0n) is 26.1. The number of aromatic hydroxyl groups is 1. The molecule has 11 heteroatoms. The van der Waals surface area contributed by atoms with Gasteiger partial charge < -0.3 is 20.2 Å². The number of carbonyl (C=O) groups excluding carboxylic acids is 1. The average Bonchev–Trinajstić information content (AvgIpc) is 3.07. The van der Waals surface area contributed by atoms with Crippen molar-refractivity contribution in [3.05, 3.63) is 138 Å². The molecule has 1 amide bonds. The molecule has 244 valence electrons. The third kappa shape index (κ3) is 7.43. The van der Waals surface area contributed by atoms with Gasteiger partial charge in [-0.25, -0.2) is 18.0 Å². The highest BCUT2D eigenvalue weighted by Crippen LogP contribution is 2.29. The minimum absolute atomic E-state index is 0.00223. The number of carbonyl (C=O) groups is 3. The summed E-state index contributed by atoms with van der Waals surface area (Å²) < 4.78 is 27.4. The molecule has 5 aromatic carbocycles. The third-order valence-corrected chi connectivity index (χ3v) is 9.68. The van der Waals surface area contributed by atoms with E-state index in [0.29, 0.717) is 5.56 Å². The highest BCUT2D eigenvalue weighted by Gasteiger charge is 2.27. The Labute approximate surface area is 277 Å². The minimum atomic E-state index is -4.00. The number of carboxylic acids is 2. The Kier molecular flexibility index (Phi) is 9.74. The normalized spacial score (nSPS) is 11.3. The van der Waals surface area contributed by atoms with Crippen molar-refractivity contribution in [2.24, 2.45) is 0 Å². The van der Waals surface area contributed by atoms with Gasteiger partial charge in [-0.3, -0.25) is 4.79 Å². The summed E-state index contributed by atoms with van der Waals surface area (Å²) in [6.07, 6.45) is 0. The van der Waals surface area contributed by atoms with E-state index in [1.165, 1.54) is 42.3 Å². The van der Waals surface area contributed by atoms with E-state index in [4.69, 9.17) is 0 Å². The molecule has 0 aliphatic heterocycles. The lowest BCUT2D eigenvalue weighted by Crippen LogP contribution is -2.41. The first kappa shape index (κ1) is 33.6. The van der Waals surface area contributed by atoms with Crippen molar-refractivity contribution in [1.82, 2.24) is 4.31 Å². The smallest absolute Gasteiger partial charge is 0.339 e. The van der Waals surface area contributed by atoms with Gasteiger partial charge in [0.1, 0.15) is 11.3 Å². The number of amides is 1. The highest BCUT2D eigenvalue weighted by molar-refractivity contribution is 7.89. The maximum Gasteiger partial charge on any atom is 0.339 e. The lowest BCUT2D eigenvalue weighted by molar-refractivity contribution is -0.118. The van der Waals surface area contributed by atoms with E-state index in [0.717, 1.165) is 38.2 Å². The predicted molar refractivity (Wildman–Crippen MR) is 182 cm³/mol. The summed E-state index contributed by atoms with van der Waals surface area (Å²) in [6, 6.07) is 31.7. The van der Waals surface area contributed by atoms with Gasteiger partial charge >= 0.3 is 11.9 Å². The Morgan fingerprint density at radius 1 is 0.688 bits per heavy atom. The molecule has 3 N–H and O–H groups in total. The molecule has 0 aromatic heterocycles. The monoisotopic (exact) mass is 664 g/mol. The SMILES string of the molecule is Cc1ccc(S(=O)(=O)N(C)CC(=O)N(Cc2ccc(-c3ccc(-c4cccc(C(=O)O)c4)cc3)cc2)c2ccc(C(=O)O)c(O)c2)cc1. The second-order valence-electron chi connectivity index (χ2n) is 11.2. The van der Waals surface area contributed by atoms with Crippen LogP contribution in [0.3, 0.4) is 0 Å². The van der Waals surface area contributed by atoms with Crippen LogP contribution in [0.5, 0.6) is 5.75 Å². The van der Waals surface area contributed by atoms with Crippen molar-refractivity contribution in [3.8, 4) is 28.0 Å². The summed E-state index contributed by atoms with van der Waals surface area (Å²) in [7, 11) is -2.69. The first-order valence-corrected chi connectivity index (χ1v) is 16.2. The van der Waals surface area contributed by atoms with Crippen LogP contribution in [-0.2, 0) is 21.4 Å². The molecule has 5 aromatic rings. The van der Waals surface area contributed by atoms with Crippen LogP contribution in [-0.4, -0.2) is 59.5 Å². The number of aromatic carboxylic acids is 2. The summed E-state index contributed by atoms with van der Waals surface area (Å²) in [6.45, 7) is 1.32. The van der Waals surface area contributed by atoms with Crippen molar-refractivity contribution in [1.29, 1.82) is 0 Å². The highest BCUT2D eigenvalue weighted by atomic mass is 32.2. The quantitative estimate of drug-likeness (QED) is 0.149. The Morgan fingerprint density at radius 3 is 1.83 bits per heavy atom. The minimum Gasteiger partial charge on any atom is -0.507 e. The lowest BCUT2D eigenvalue weighted by atomic mass is 9.98. The molecule has 0 aliphatic rings. The van der Waals surface area contributed by atoms with Gasteiger partial charge in [0.25, 0.3) is 0 Å². The number of carboxylic acid groups (broad SMARTS) is 2. The summed E-state index contributed by atoms with van der Waals surface area (Å²) in [5.41, 5.74) is 5.06. The van der Waals surface area contributed by atoms with Crippen LogP contribution in [0.2, 0.25) is 0 Å². The van der Waals surface area contributed by atoms with Gasteiger partial charge in [0.05, 0.1) is 23.5 Å². The molecule has 0 radical (unpaired) electrons. The van der Waals surface area contributed by atoms with Gasteiger partial charge in [-0.15, -0.1) is 0 Å². The number of nitrogens with zero attached hydrogens (tertiary/aromatic N) is 2. The van der Waals surface area contributed by atoms with E-state index >= 15 is 0 Å². The molecule has 0 atom stereocenters. The van der Waals surface area contributed by atoms with Crippen molar-refractivity contribution >= 4 is 33.6 Å². The first-order valence-electron chi connectivity index (χ1n) is 14.8. The number of anilines is 1. The van der Waals surface area contributed by atoms with Gasteiger partial charge in [-0.05, 0) is 71.1 Å². The van der Waals surface area contributed by atoms with E-state index in [2.05, 4.69) is 0 Å². The first-order chi connectivity index (χ1) is 22.8. The van der Waals surface area contributed by atoms with E-state index in [9.17, 15) is 38.1 Å². The van der Waals surface area contributed by atoms with Crippen LogP contribution in [0.1, 0.15) is 31.8 Å². The molecule has 0 fully saturated rings. The number of sulfonamides is 1. The maximum absolute atomic E-state index is 13.7. The molecule has 0 saturated carbocycles. The molecular weight excluding hydrogens is 632 g/mol. The fourth-order valence-electron chi connectivity index (χ4n) is 5.12. The molecular formula is C37H32N2O8S. The zero-order valence-corrected chi connectivity index (χ0v) is 26.9. The molecule has 0 unspecified atom stereocenters. The van der Waals surface area contributed by atoms with Gasteiger partial charge in [-0.1, -0.05) is 78.4 Å². The van der Waals surface area contributed by atoms with Crippen LogP contribution in [0.25, 0.3) is 22.3 Å². The molecule has 48 heavy (non-hydrogen) atoms. The zero-order chi connectivity index (χ0) is 34.6. The molecule has 0 spiro atoms. The summed E-state index contributed by atoms with van der Waals surface area (Å²) >= 11 is 0. The number of benzene rings is 5. The number of aryl methyl sites for hydroxylation is 1. The third-order valence-electron chi connectivity index (χ3n) is 7.87. The molecule has 0 aliphatic carbocycles. The number of likely N-dealkylation sites (N-methyl/N-ethyl adjacent to an activating group) is 1.